The molecule has 1 N–H and O–H groups in total. The smallest absolute Gasteiger partial charge is 0.255 e. The molecule has 1 fully saturated rings. The highest BCUT2D eigenvalue weighted by Crippen LogP contribution is 2.23. The Kier molecular flexibility index (Phi) is 4.37. The van der Waals surface area contributed by atoms with Crippen LogP contribution in [-0.2, 0) is 4.79 Å². The first-order chi connectivity index (χ1) is 13.1. The lowest BCUT2D eigenvalue weighted by Gasteiger charge is -2.16. The number of hydrogen-bond acceptors (Lipinski definition) is 5. The highest BCUT2D eigenvalue weighted by molar-refractivity contribution is 6.05. The molecule has 0 aliphatic carbocycles. The van der Waals surface area contributed by atoms with Crippen molar-refractivity contribution in [1.82, 2.24) is 20.2 Å². The monoisotopic (exact) mass is 362 g/mol. The number of nitrogens with zero attached hydrogens (tertiary/aromatic N) is 5. The van der Waals surface area contributed by atoms with Gasteiger partial charge >= 0.3 is 0 Å². The SMILES string of the molecule is Cc1cc(NC(=O)c2cccc(N3CCCC3=O)c2)ccc1-n1cnnn1. The molecule has 1 aliphatic rings. The molecule has 2 heterocycles. The molecule has 8 heteroatoms. The average molecular weight is 362 g/mol. The molecule has 0 bridgehead atoms. The summed E-state index contributed by atoms with van der Waals surface area (Å²) in [5, 5.41) is 14.0. The Hall–Kier alpha value is -3.55. The van der Waals surface area contributed by atoms with Gasteiger partial charge in [0, 0.05) is 29.9 Å². The second-order valence-electron chi connectivity index (χ2n) is 6.41. The number of anilines is 2. The molecule has 2 amide bonds. The van der Waals surface area contributed by atoms with Crippen LogP contribution in [0.15, 0.2) is 48.8 Å². The van der Waals surface area contributed by atoms with Crippen molar-refractivity contribution in [2.24, 2.45) is 0 Å². The summed E-state index contributed by atoms with van der Waals surface area (Å²) in [6.07, 6.45) is 2.93. The van der Waals surface area contributed by atoms with Crippen molar-refractivity contribution in [2.75, 3.05) is 16.8 Å². The van der Waals surface area contributed by atoms with Crippen LogP contribution >= 0.6 is 0 Å². The number of aryl methyl sites for hydroxylation is 1. The number of benzene rings is 2. The Morgan fingerprint density at radius 2 is 2.07 bits per heavy atom. The molecular formula is C19H18N6O2. The van der Waals surface area contributed by atoms with Crippen molar-refractivity contribution in [2.45, 2.75) is 19.8 Å². The zero-order chi connectivity index (χ0) is 18.8. The number of nitrogens with one attached hydrogen (secondary N) is 1. The summed E-state index contributed by atoms with van der Waals surface area (Å²) in [6, 6.07) is 12.6. The standard InChI is InChI=1S/C19H18N6O2/c1-13-10-15(7-8-17(13)25-12-20-22-23-25)21-19(27)14-4-2-5-16(11-14)24-9-3-6-18(24)26/h2,4-5,7-8,10-12H,3,6,9H2,1H3,(H,21,27). The lowest BCUT2D eigenvalue weighted by atomic mass is 10.1. The molecule has 4 rings (SSSR count). The Morgan fingerprint density at radius 1 is 1.19 bits per heavy atom. The molecule has 0 unspecified atom stereocenters. The van der Waals surface area contributed by atoms with Crippen LogP contribution < -0.4 is 10.2 Å². The van der Waals surface area contributed by atoms with Gasteiger partial charge in [-0.05, 0) is 65.7 Å². The van der Waals surface area contributed by atoms with Gasteiger partial charge in [0.25, 0.3) is 5.91 Å². The Morgan fingerprint density at radius 3 is 2.78 bits per heavy atom. The fraction of sp³-hybridized carbons (Fsp3) is 0.211. The van der Waals surface area contributed by atoms with E-state index in [1.54, 1.807) is 33.8 Å². The van der Waals surface area contributed by atoms with Gasteiger partial charge in [-0.15, -0.1) is 5.10 Å². The Bertz CT molecular complexity index is 999. The normalized spacial score (nSPS) is 13.8. The van der Waals surface area contributed by atoms with E-state index in [0.29, 0.717) is 24.2 Å². The van der Waals surface area contributed by atoms with Crippen molar-refractivity contribution >= 4 is 23.2 Å². The number of carbonyl (C=O) groups is 2. The summed E-state index contributed by atoms with van der Waals surface area (Å²) < 4.78 is 1.57. The van der Waals surface area contributed by atoms with E-state index in [-0.39, 0.29) is 11.8 Å². The fourth-order valence-electron chi connectivity index (χ4n) is 3.20. The van der Waals surface area contributed by atoms with Crippen molar-refractivity contribution in [1.29, 1.82) is 0 Å². The van der Waals surface area contributed by atoms with Gasteiger partial charge in [-0.2, -0.15) is 0 Å². The quantitative estimate of drug-likeness (QED) is 0.769. The van der Waals surface area contributed by atoms with Gasteiger partial charge in [0.2, 0.25) is 5.91 Å². The number of carbonyl (C=O) groups excluding carboxylic acids is 2. The first kappa shape index (κ1) is 16.9. The van der Waals surface area contributed by atoms with E-state index < -0.39 is 0 Å². The minimum Gasteiger partial charge on any atom is -0.322 e. The number of hydrogen-bond donors (Lipinski definition) is 1. The summed E-state index contributed by atoms with van der Waals surface area (Å²) in [5.41, 5.74) is 3.71. The molecule has 1 saturated heterocycles. The van der Waals surface area contributed by atoms with E-state index >= 15 is 0 Å². The van der Waals surface area contributed by atoms with Gasteiger partial charge in [-0.3, -0.25) is 9.59 Å². The summed E-state index contributed by atoms with van der Waals surface area (Å²) in [4.78, 5) is 26.3. The second kappa shape index (κ2) is 6.99. The Labute approximate surface area is 155 Å². The Balaban J connectivity index is 1.52. The third-order valence-corrected chi connectivity index (χ3v) is 4.54. The maximum atomic E-state index is 12.6. The molecule has 0 spiro atoms. The van der Waals surface area contributed by atoms with Crippen LogP contribution in [0.1, 0.15) is 28.8 Å². The summed E-state index contributed by atoms with van der Waals surface area (Å²) in [5.74, 6) is -0.126. The van der Waals surface area contributed by atoms with Crippen LogP contribution in [0.25, 0.3) is 5.69 Å². The van der Waals surface area contributed by atoms with Gasteiger partial charge in [-0.1, -0.05) is 6.07 Å². The highest BCUT2D eigenvalue weighted by Gasteiger charge is 2.22. The van der Waals surface area contributed by atoms with E-state index in [2.05, 4.69) is 20.8 Å². The minimum atomic E-state index is -0.224. The zero-order valence-electron chi connectivity index (χ0n) is 14.8. The molecular weight excluding hydrogens is 344 g/mol. The van der Waals surface area contributed by atoms with Gasteiger partial charge in [0.05, 0.1) is 5.69 Å². The van der Waals surface area contributed by atoms with Crippen LogP contribution in [-0.4, -0.2) is 38.6 Å². The predicted octanol–water partition coefficient (Wildman–Crippen LogP) is 2.35. The summed E-state index contributed by atoms with van der Waals surface area (Å²) >= 11 is 0. The van der Waals surface area contributed by atoms with E-state index in [9.17, 15) is 9.59 Å². The third kappa shape index (κ3) is 3.41. The molecule has 2 aromatic carbocycles. The molecule has 8 nitrogen and oxygen atoms in total. The summed E-state index contributed by atoms with van der Waals surface area (Å²) in [7, 11) is 0. The fourth-order valence-corrected chi connectivity index (χ4v) is 3.20. The van der Waals surface area contributed by atoms with Crippen LogP contribution in [0.3, 0.4) is 0 Å². The molecule has 1 aromatic heterocycles. The maximum absolute atomic E-state index is 12.6. The van der Waals surface area contributed by atoms with E-state index in [0.717, 1.165) is 23.4 Å². The maximum Gasteiger partial charge on any atom is 0.255 e. The first-order valence-corrected chi connectivity index (χ1v) is 8.67. The zero-order valence-corrected chi connectivity index (χ0v) is 14.8. The predicted molar refractivity (Wildman–Crippen MR) is 99.9 cm³/mol. The number of tetrazole rings is 1. The van der Waals surface area contributed by atoms with Gasteiger partial charge in [-0.25, -0.2) is 4.68 Å². The average Bonchev–Trinajstić information content (AvgIpc) is 3.34. The number of rotatable bonds is 4. The van der Waals surface area contributed by atoms with E-state index in [1.807, 2.05) is 25.1 Å². The molecule has 136 valence electrons. The van der Waals surface area contributed by atoms with Crippen LogP contribution in [0.2, 0.25) is 0 Å². The van der Waals surface area contributed by atoms with Crippen molar-refractivity contribution < 1.29 is 9.59 Å². The van der Waals surface area contributed by atoms with Crippen molar-refractivity contribution in [3.05, 3.63) is 59.9 Å². The topological polar surface area (TPSA) is 93.0 Å². The molecule has 27 heavy (non-hydrogen) atoms. The van der Waals surface area contributed by atoms with E-state index in [1.165, 1.54) is 6.33 Å². The first-order valence-electron chi connectivity index (χ1n) is 8.67. The molecule has 3 aromatic rings. The third-order valence-electron chi connectivity index (χ3n) is 4.54. The lowest BCUT2D eigenvalue weighted by Crippen LogP contribution is -2.24. The van der Waals surface area contributed by atoms with Crippen molar-refractivity contribution in [3.8, 4) is 5.69 Å². The number of aromatic nitrogens is 4. The molecule has 1 aliphatic heterocycles. The largest absolute Gasteiger partial charge is 0.322 e. The highest BCUT2D eigenvalue weighted by atomic mass is 16.2. The van der Waals surface area contributed by atoms with Crippen LogP contribution in [0, 0.1) is 6.92 Å². The lowest BCUT2D eigenvalue weighted by molar-refractivity contribution is -0.117. The molecule has 0 saturated carbocycles. The minimum absolute atomic E-state index is 0.0985. The molecule has 0 radical (unpaired) electrons. The van der Waals surface area contributed by atoms with Crippen LogP contribution in [0.4, 0.5) is 11.4 Å². The van der Waals surface area contributed by atoms with Crippen molar-refractivity contribution in [3.63, 3.8) is 0 Å². The van der Waals surface area contributed by atoms with Gasteiger partial charge in [0.1, 0.15) is 6.33 Å². The summed E-state index contributed by atoms with van der Waals surface area (Å²) in [6.45, 7) is 2.62. The van der Waals surface area contributed by atoms with E-state index in [4.69, 9.17) is 0 Å². The number of amides is 2. The van der Waals surface area contributed by atoms with Crippen LogP contribution in [0.5, 0.6) is 0 Å². The second-order valence-corrected chi connectivity index (χ2v) is 6.41. The van der Waals surface area contributed by atoms with Gasteiger partial charge < -0.3 is 10.2 Å². The molecule has 0 atom stereocenters. The van der Waals surface area contributed by atoms with Gasteiger partial charge in [0.15, 0.2) is 0 Å².